The third-order valence-corrected chi connectivity index (χ3v) is 7.95. The molecule has 1 unspecified atom stereocenters. The maximum atomic E-state index is 10.8. The maximum absolute atomic E-state index is 10.8. The number of hydrogen-bond donors (Lipinski definition) is 2. The Balaban J connectivity index is 1.56. The molecule has 0 bridgehead atoms. The van der Waals surface area contributed by atoms with Crippen LogP contribution < -0.4 is 14.2 Å². The van der Waals surface area contributed by atoms with Crippen LogP contribution in [0.3, 0.4) is 0 Å². The van der Waals surface area contributed by atoms with Gasteiger partial charge in [-0.25, -0.2) is 15.0 Å². The predicted octanol–water partition coefficient (Wildman–Crippen LogP) is 9.29. The van der Waals surface area contributed by atoms with Crippen LogP contribution in [0, 0.1) is 0 Å². The lowest BCUT2D eigenvalue weighted by Gasteiger charge is -2.16. The average Bonchev–Trinajstić information content (AvgIpc) is 3.08. The number of phenols is 1. The number of aliphatic hydroxyl groups excluding tert-OH is 1. The van der Waals surface area contributed by atoms with Gasteiger partial charge in [-0.2, -0.15) is 0 Å². The summed E-state index contributed by atoms with van der Waals surface area (Å²) in [6, 6.07) is 10.7. The summed E-state index contributed by atoms with van der Waals surface area (Å²) < 4.78 is 23.7. The fraction of sp³-hybridized carbons (Fsp3) is 0.605. The number of aromatic hydroxyl groups is 1. The van der Waals surface area contributed by atoms with Gasteiger partial charge in [0.05, 0.1) is 25.4 Å². The lowest BCUT2D eigenvalue weighted by Crippen LogP contribution is -2.16. The number of rotatable bonds is 26. The molecule has 0 amide bonds. The van der Waals surface area contributed by atoms with Crippen molar-refractivity contribution in [3.63, 3.8) is 0 Å². The predicted molar refractivity (Wildman–Crippen MR) is 187 cm³/mol. The summed E-state index contributed by atoms with van der Waals surface area (Å²) in [6.07, 6.45) is 17.3. The van der Waals surface area contributed by atoms with Gasteiger partial charge in [0.2, 0.25) is 0 Å². The molecule has 0 aliphatic heterocycles. The molecule has 1 atom stereocenters. The highest BCUT2D eigenvalue weighted by atomic mass is 16.6. The number of nitrogens with zero attached hydrogens (tertiary/aromatic N) is 3. The van der Waals surface area contributed by atoms with Crippen LogP contribution in [-0.4, -0.2) is 57.9 Å². The Morgan fingerprint density at radius 3 is 2.00 bits per heavy atom. The van der Waals surface area contributed by atoms with E-state index in [1.165, 1.54) is 57.7 Å². The third kappa shape index (κ3) is 14.1. The Morgan fingerprint density at radius 2 is 1.28 bits per heavy atom. The number of hydrogen-bond acceptors (Lipinski definition) is 9. The maximum Gasteiger partial charge on any atom is 0.170 e. The lowest BCUT2D eigenvalue weighted by molar-refractivity contribution is -0.108. The van der Waals surface area contributed by atoms with E-state index >= 15 is 0 Å². The van der Waals surface area contributed by atoms with Crippen LogP contribution in [0.5, 0.6) is 23.0 Å². The quantitative estimate of drug-likeness (QED) is 0.0647. The van der Waals surface area contributed by atoms with Crippen molar-refractivity contribution < 1.29 is 29.2 Å². The Bertz CT molecular complexity index is 1270. The van der Waals surface area contributed by atoms with E-state index in [2.05, 4.69) is 30.7 Å². The Labute approximate surface area is 282 Å². The summed E-state index contributed by atoms with van der Waals surface area (Å²) in [5.41, 5.74) is 1.05. The van der Waals surface area contributed by atoms with Gasteiger partial charge in [-0.3, -0.25) is 0 Å². The summed E-state index contributed by atoms with van der Waals surface area (Å²) >= 11 is 0. The zero-order valence-electron chi connectivity index (χ0n) is 28.9. The molecule has 0 saturated heterocycles. The Morgan fingerprint density at radius 1 is 0.638 bits per heavy atom. The van der Waals surface area contributed by atoms with Crippen molar-refractivity contribution in [2.24, 2.45) is 0 Å². The molecule has 3 aromatic rings. The molecule has 0 fully saturated rings. The van der Waals surface area contributed by atoms with Gasteiger partial charge in [-0.15, -0.1) is 0 Å². The molecule has 1 heterocycles. The van der Waals surface area contributed by atoms with Crippen LogP contribution >= 0.6 is 0 Å². The van der Waals surface area contributed by atoms with Gasteiger partial charge < -0.3 is 29.2 Å². The number of aliphatic hydroxyl groups is 1. The monoisotopic (exact) mass is 651 g/mol. The molecule has 2 aromatic carbocycles. The van der Waals surface area contributed by atoms with Gasteiger partial charge in [-0.1, -0.05) is 97.5 Å². The molecule has 0 aliphatic carbocycles. The minimum absolute atomic E-state index is 0.0171. The van der Waals surface area contributed by atoms with Crippen molar-refractivity contribution in [2.45, 2.75) is 123 Å². The van der Waals surface area contributed by atoms with Gasteiger partial charge >= 0.3 is 0 Å². The molecule has 1 aromatic heterocycles. The summed E-state index contributed by atoms with van der Waals surface area (Å²) in [5.74, 6) is 2.43. The van der Waals surface area contributed by atoms with E-state index in [0.717, 1.165) is 44.3 Å². The van der Waals surface area contributed by atoms with Crippen molar-refractivity contribution in [3.8, 4) is 45.8 Å². The minimum Gasteiger partial charge on any atom is -0.507 e. The first-order valence-corrected chi connectivity index (χ1v) is 17.9. The highest BCUT2D eigenvalue weighted by Gasteiger charge is 2.18. The molecule has 47 heavy (non-hydrogen) atoms. The van der Waals surface area contributed by atoms with Crippen LogP contribution in [0.25, 0.3) is 22.8 Å². The minimum atomic E-state index is -0.918. The first-order valence-electron chi connectivity index (χ1n) is 17.9. The molecule has 9 heteroatoms. The fourth-order valence-electron chi connectivity index (χ4n) is 5.13. The van der Waals surface area contributed by atoms with Crippen molar-refractivity contribution in [1.29, 1.82) is 0 Å². The van der Waals surface area contributed by atoms with Gasteiger partial charge in [0.1, 0.15) is 34.9 Å². The van der Waals surface area contributed by atoms with E-state index in [1.807, 2.05) is 18.2 Å². The summed E-state index contributed by atoms with van der Waals surface area (Å²) in [6.45, 7) is 8.42. The second-order valence-corrected chi connectivity index (χ2v) is 12.0. The van der Waals surface area contributed by atoms with Crippen molar-refractivity contribution in [2.75, 3.05) is 26.4 Å². The second kappa shape index (κ2) is 23.0. The van der Waals surface area contributed by atoms with Gasteiger partial charge in [0.15, 0.2) is 17.9 Å². The van der Waals surface area contributed by atoms with Crippen LogP contribution in [-0.2, 0) is 4.74 Å². The Hall–Kier alpha value is -3.43. The molecule has 260 valence electrons. The lowest BCUT2D eigenvalue weighted by atomic mass is 10.1. The van der Waals surface area contributed by atoms with Crippen LogP contribution in [0.2, 0.25) is 0 Å². The molecule has 3 rings (SSSR count). The number of phenolic OH excluding ortho intramolecular Hbond substituents is 1. The first kappa shape index (κ1) is 38.0. The summed E-state index contributed by atoms with van der Waals surface area (Å²) in [5, 5.41) is 21.2. The van der Waals surface area contributed by atoms with Crippen LogP contribution in [0.1, 0.15) is 117 Å². The normalized spacial score (nSPS) is 11.8. The molecular formula is C38H57N3O6. The smallest absolute Gasteiger partial charge is 0.170 e. The summed E-state index contributed by atoms with van der Waals surface area (Å²) in [7, 11) is 0. The summed E-state index contributed by atoms with van der Waals surface area (Å²) in [4.78, 5) is 13.5. The number of unbranched alkanes of at least 4 members (excludes halogenated alkanes) is 11. The van der Waals surface area contributed by atoms with Gasteiger partial charge in [0, 0.05) is 19.1 Å². The van der Waals surface area contributed by atoms with Crippen molar-refractivity contribution in [1.82, 2.24) is 15.0 Å². The topological polar surface area (TPSA) is 116 Å². The van der Waals surface area contributed by atoms with E-state index in [9.17, 15) is 10.2 Å². The Kier molecular flexibility index (Phi) is 18.6. The number of ether oxygens (including phenoxy) is 4. The largest absolute Gasteiger partial charge is 0.507 e. The van der Waals surface area contributed by atoms with Gasteiger partial charge in [0.25, 0.3) is 0 Å². The fourth-order valence-corrected chi connectivity index (χ4v) is 5.13. The molecule has 0 spiro atoms. The van der Waals surface area contributed by atoms with Crippen molar-refractivity contribution >= 4 is 0 Å². The van der Waals surface area contributed by atoms with E-state index in [-0.39, 0.29) is 18.2 Å². The standard InChI is InChI=1S/C38H57N3O6/c1-4-7-10-11-12-13-14-15-16-17-26-47-35(43)23-27-46-33-20-18-19-32(42)36(33)38-40-29-39-37(41-38)31-22-21-30(44-24-8-5-2)28-34(31)45-25-9-6-3/h18-22,28-29,35,42-43H,4-17,23-27H2,1-3H3. The zero-order valence-corrected chi connectivity index (χ0v) is 28.9. The average molecular weight is 652 g/mol. The second-order valence-electron chi connectivity index (χ2n) is 12.0. The van der Waals surface area contributed by atoms with Gasteiger partial charge in [-0.05, 0) is 43.5 Å². The molecule has 2 N–H and O–H groups in total. The van der Waals surface area contributed by atoms with Crippen LogP contribution in [0.4, 0.5) is 0 Å². The van der Waals surface area contributed by atoms with E-state index in [1.54, 1.807) is 18.2 Å². The zero-order chi connectivity index (χ0) is 33.5. The SMILES string of the molecule is CCCCCCCCCCCCOC(O)CCOc1cccc(O)c1-c1ncnc(-c2ccc(OCCCC)cc2OCCCC)n1. The van der Waals surface area contributed by atoms with E-state index in [4.69, 9.17) is 23.9 Å². The highest BCUT2D eigenvalue weighted by Crippen LogP contribution is 2.38. The van der Waals surface area contributed by atoms with Crippen LogP contribution in [0.15, 0.2) is 42.7 Å². The van der Waals surface area contributed by atoms with Crippen molar-refractivity contribution in [3.05, 3.63) is 42.7 Å². The molecular weight excluding hydrogens is 594 g/mol. The van der Waals surface area contributed by atoms with E-state index < -0.39 is 6.29 Å². The molecule has 0 aliphatic rings. The third-order valence-electron chi connectivity index (χ3n) is 7.95. The number of benzene rings is 2. The number of aromatic nitrogens is 3. The molecule has 0 saturated carbocycles. The molecule has 0 radical (unpaired) electrons. The molecule has 9 nitrogen and oxygen atoms in total. The first-order chi connectivity index (χ1) is 23.1. The van der Waals surface area contributed by atoms with E-state index in [0.29, 0.717) is 54.7 Å². The highest BCUT2D eigenvalue weighted by molar-refractivity contribution is 5.73.